The van der Waals surface area contributed by atoms with Crippen LogP contribution in [0.4, 0.5) is 0 Å². The van der Waals surface area contributed by atoms with Gasteiger partial charge in [0.1, 0.15) is 5.78 Å². The third-order valence-electron chi connectivity index (χ3n) is 4.21. The zero-order valence-corrected chi connectivity index (χ0v) is 10.9. The summed E-state index contributed by atoms with van der Waals surface area (Å²) >= 11 is 0. The molecule has 1 unspecified atom stereocenters. The van der Waals surface area contributed by atoms with Crippen LogP contribution in [0.15, 0.2) is 0 Å². The molecular formula is C13H26O. The summed E-state index contributed by atoms with van der Waals surface area (Å²) in [5, 5.41) is 0. The fourth-order valence-corrected chi connectivity index (χ4v) is 1.98. The van der Waals surface area contributed by atoms with Crippen LogP contribution in [0.5, 0.6) is 0 Å². The Kier molecular flexibility index (Phi) is 4.35. The van der Waals surface area contributed by atoms with Crippen LogP contribution in [0.2, 0.25) is 0 Å². The zero-order valence-electron chi connectivity index (χ0n) is 10.9. The van der Waals surface area contributed by atoms with Crippen molar-refractivity contribution in [3.05, 3.63) is 0 Å². The lowest BCUT2D eigenvalue weighted by molar-refractivity contribution is -0.131. The normalized spacial score (nSPS) is 15.4. The minimum Gasteiger partial charge on any atom is -0.299 e. The molecule has 0 aliphatic rings. The van der Waals surface area contributed by atoms with Gasteiger partial charge in [-0.1, -0.05) is 54.9 Å². The van der Waals surface area contributed by atoms with Crippen molar-refractivity contribution in [1.82, 2.24) is 0 Å². The fourth-order valence-electron chi connectivity index (χ4n) is 1.98. The van der Waals surface area contributed by atoms with Crippen molar-refractivity contribution in [3.8, 4) is 0 Å². The van der Waals surface area contributed by atoms with E-state index >= 15 is 0 Å². The van der Waals surface area contributed by atoms with Crippen LogP contribution in [0.1, 0.15) is 61.3 Å². The van der Waals surface area contributed by atoms with Crippen LogP contribution in [-0.2, 0) is 4.79 Å². The van der Waals surface area contributed by atoms with Crippen molar-refractivity contribution in [1.29, 1.82) is 0 Å². The van der Waals surface area contributed by atoms with Gasteiger partial charge in [-0.3, -0.25) is 4.79 Å². The quantitative estimate of drug-likeness (QED) is 0.651. The van der Waals surface area contributed by atoms with Crippen molar-refractivity contribution in [3.63, 3.8) is 0 Å². The largest absolute Gasteiger partial charge is 0.299 e. The Hall–Kier alpha value is -0.330. The van der Waals surface area contributed by atoms with E-state index < -0.39 is 0 Å². The fraction of sp³-hybridized carbons (Fsp3) is 0.923. The number of carbonyl (C=O) groups is 1. The predicted molar refractivity (Wildman–Crippen MR) is 62.3 cm³/mol. The first-order valence-electron chi connectivity index (χ1n) is 5.73. The second kappa shape index (κ2) is 4.46. The molecule has 0 N–H and O–H groups in total. The molecule has 0 fully saturated rings. The minimum atomic E-state index is -0.186. The number of carbonyl (C=O) groups excluding carboxylic acids is 1. The molecule has 0 rings (SSSR count). The Morgan fingerprint density at radius 1 is 1.14 bits per heavy atom. The summed E-state index contributed by atoms with van der Waals surface area (Å²) < 4.78 is 0. The Labute approximate surface area is 89.3 Å². The highest BCUT2D eigenvalue weighted by atomic mass is 16.1. The van der Waals surface area contributed by atoms with Crippen LogP contribution >= 0.6 is 0 Å². The number of hydrogen-bond acceptors (Lipinski definition) is 1. The van der Waals surface area contributed by atoms with Gasteiger partial charge in [0.2, 0.25) is 0 Å². The van der Waals surface area contributed by atoms with E-state index in [1.165, 1.54) is 0 Å². The first-order chi connectivity index (χ1) is 6.20. The molecule has 0 bridgehead atoms. The standard InChI is InChI=1S/C13H26O/c1-8-11(14)13(6,7)10(3)12(4,5)9-2/h10H,8-9H2,1-7H3. The monoisotopic (exact) mass is 198 g/mol. The Morgan fingerprint density at radius 3 is 1.86 bits per heavy atom. The summed E-state index contributed by atoms with van der Waals surface area (Å²) in [5.74, 6) is 0.805. The van der Waals surface area contributed by atoms with Gasteiger partial charge in [0.05, 0.1) is 0 Å². The third-order valence-corrected chi connectivity index (χ3v) is 4.21. The van der Waals surface area contributed by atoms with E-state index in [0.717, 1.165) is 6.42 Å². The summed E-state index contributed by atoms with van der Waals surface area (Å²) in [6, 6.07) is 0. The molecule has 84 valence electrons. The maximum atomic E-state index is 11.8. The average Bonchev–Trinajstić information content (AvgIpc) is 2.15. The molecule has 0 aromatic heterocycles. The van der Waals surface area contributed by atoms with E-state index in [-0.39, 0.29) is 10.8 Å². The van der Waals surface area contributed by atoms with Gasteiger partial charge in [0, 0.05) is 11.8 Å². The molecule has 1 heteroatoms. The van der Waals surface area contributed by atoms with Gasteiger partial charge in [0.15, 0.2) is 0 Å². The summed E-state index contributed by atoms with van der Waals surface area (Å²) in [4.78, 5) is 11.8. The molecule has 14 heavy (non-hydrogen) atoms. The van der Waals surface area contributed by atoms with E-state index in [1.807, 2.05) is 6.92 Å². The maximum Gasteiger partial charge on any atom is 0.138 e. The maximum absolute atomic E-state index is 11.8. The van der Waals surface area contributed by atoms with Crippen LogP contribution in [-0.4, -0.2) is 5.78 Å². The van der Waals surface area contributed by atoms with E-state index in [4.69, 9.17) is 0 Å². The lowest BCUT2D eigenvalue weighted by atomic mass is 9.63. The molecule has 1 nitrogen and oxygen atoms in total. The Balaban J connectivity index is 4.83. The van der Waals surface area contributed by atoms with Crippen molar-refractivity contribution in [2.45, 2.75) is 61.3 Å². The molecule has 0 heterocycles. The lowest BCUT2D eigenvalue weighted by Gasteiger charge is -2.41. The summed E-state index contributed by atoms with van der Waals surface area (Å²) in [6.07, 6.45) is 1.77. The molecule has 0 amide bonds. The number of Topliss-reactive ketones (excluding diaryl/α,β-unsaturated/α-hetero) is 1. The van der Waals surface area contributed by atoms with Gasteiger partial charge >= 0.3 is 0 Å². The van der Waals surface area contributed by atoms with Crippen molar-refractivity contribution in [2.24, 2.45) is 16.7 Å². The summed E-state index contributed by atoms with van der Waals surface area (Å²) in [7, 11) is 0. The molecule has 0 spiro atoms. The molecule has 0 saturated heterocycles. The molecule has 0 aromatic carbocycles. The van der Waals surface area contributed by atoms with Crippen LogP contribution in [0, 0.1) is 16.7 Å². The molecule has 0 radical (unpaired) electrons. The number of hydrogen-bond donors (Lipinski definition) is 0. The highest BCUT2D eigenvalue weighted by Crippen LogP contribution is 2.43. The topological polar surface area (TPSA) is 17.1 Å². The molecule has 0 aliphatic heterocycles. The van der Waals surface area contributed by atoms with Gasteiger partial charge in [0.25, 0.3) is 0 Å². The number of ketones is 1. The van der Waals surface area contributed by atoms with Crippen LogP contribution in [0.3, 0.4) is 0 Å². The second-order valence-electron chi connectivity index (χ2n) is 5.56. The summed E-state index contributed by atoms with van der Waals surface area (Å²) in [6.45, 7) is 15.0. The second-order valence-corrected chi connectivity index (χ2v) is 5.56. The van der Waals surface area contributed by atoms with Gasteiger partial charge in [-0.2, -0.15) is 0 Å². The first kappa shape index (κ1) is 13.7. The molecule has 1 atom stereocenters. The lowest BCUT2D eigenvalue weighted by Crippen LogP contribution is -2.39. The summed E-state index contributed by atoms with van der Waals surface area (Å²) in [5.41, 5.74) is 0.0581. The molecule has 0 saturated carbocycles. The van der Waals surface area contributed by atoms with Crippen molar-refractivity contribution >= 4 is 5.78 Å². The van der Waals surface area contributed by atoms with Crippen molar-refractivity contribution < 1.29 is 4.79 Å². The van der Waals surface area contributed by atoms with Gasteiger partial charge in [-0.15, -0.1) is 0 Å². The molecule has 0 aliphatic carbocycles. The van der Waals surface area contributed by atoms with E-state index in [2.05, 4.69) is 41.5 Å². The SMILES string of the molecule is CCC(=O)C(C)(C)C(C)C(C)(C)CC. The Morgan fingerprint density at radius 2 is 1.57 bits per heavy atom. The van der Waals surface area contributed by atoms with Gasteiger partial charge in [-0.05, 0) is 11.3 Å². The van der Waals surface area contributed by atoms with Crippen molar-refractivity contribution in [2.75, 3.05) is 0 Å². The minimum absolute atomic E-state index is 0.186. The van der Waals surface area contributed by atoms with E-state index in [1.54, 1.807) is 0 Å². The smallest absolute Gasteiger partial charge is 0.138 e. The predicted octanol–water partition coefficient (Wildman–Crippen LogP) is 4.06. The van der Waals surface area contributed by atoms with Crippen LogP contribution in [0.25, 0.3) is 0 Å². The van der Waals surface area contributed by atoms with E-state index in [9.17, 15) is 4.79 Å². The first-order valence-corrected chi connectivity index (χ1v) is 5.73. The third kappa shape index (κ3) is 2.59. The molecular weight excluding hydrogens is 172 g/mol. The van der Waals surface area contributed by atoms with E-state index in [0.29, 0.717) is 18.1 Å². The van der Waals surface area contributed by atoms with Gasteiger partial charge in [-0.25, -0.2) is 0 Å². The Bertz CT molecular complexity index is 201. The van der Waals surface area contributed by atoms with Crippen LogP contribution < -0.4 is 0 Å². The highest BCUT2D eigenvalue weighted by molar-refractivity contribution is 5.84. The number of rotatable bonds is 5. The van der Waals surface area contributed by atoms with Gasteiger partial charge < -0.3 is 0 Å². The zero-order chi connectivity index (χ0) is 11.6. The average molecular weight is 198 g/mol. The highest BCUT2D eigenvalue weighted by Gasteiger charge is 2.40. The molecule has 0 aromatic rings.